The van der Waals surface area contributed by atoms with Crippen LogP contribution in [0, 0.1) is 5.92 Å². The molecule has 28 heavy (non-hydrogen) atoms. The Morgan fingerprint density at radius 2 is 2.07 bits per heavy atom. The van der Waals surface area contributed by atoms with E-state index >= 15 is 0 Å². The zero-order chi connectivity index (χ0) is 19.9. The maximum Gasteiger partial charge on any atom is 0.224 e. The molecule has 2 aromatic rings. The molecule has 1 aliphatic rings. The first-order chi connectivity index (χ1) is 13.6. The lowest BCUT2D eigenvalue weighted by Crippen LogP contribution is -2.45. The van der Waals surface area contributed by atoms with Crippen LogP contribution < -0.4 is 10.2 Å². The third kappa shape index (κ3) is 5.07. The second-order valence-electron chi connectivity index (χ2n) is 7.67. The zero-order valence-corrected chi connectivity index (χ0v) is 17.1. The van der Waals surface area contributed by atoms with Crippen LogP contribution in [-0.2, 0) is 11.2 Å². The Balaban J connectivity index is 1.59. The van der Waals surface area contributed by atoms with Gasteiger partial charge >= 0.3 is 0 Å². The van der Waals surface area contributed by atoms with Gasteiger partial charge in [-0.25, -0.2) is 4.98 Å². The Labute approximate surface area is 168 Å². The molecule has 0 radical (unpaired) electrons. The highest BCUT2D eigenvalue weighted by atomic mass is 16.1. The van der Waals surface area contributed by atoms with Crippen molar-refractivity contribution in [3.63, 3.8) is 0 Å². The van der Waals surface area contributed by atoms with E-state index in [1.165, 1.54) is 11.1 Å². The molecule has 1 fully saturated rings. The molecule has 2 atom stereocenters. The molecule has 0 bridgehead atoms. The molecule has 0 aliphatic carbocycles. The predicted molar refractivity (Wildman–Crippen MR) is 112 cm³/mol. The van der Waals surface area contributed by atoms with Gasteiger partial charge in [-0.2, -0.15) is 0 Å². The second-order valence-corrected chi connectivity index (χ2v) is 7.67. The van der Waals surface area contributed by atoms with Crippen molar-refractivity contribution in [2.45, 2.75) is 32.2 Å². The summed E-state index contributed by atoms with van der Waals surface area (Å²) >= 11 is 0. The van der Waals surface area contributed by atoms with Crippen LogP contribution in [0.3, 0.4) is 0 Å². The number of nitrogens with zero attached hydrogens (tertiary/aromatic N) is 4. The molecule has 3 rings (SSSR count). The molecule has 1 saturated heterocycles. The van der Waals surface area contributed by atoms with Crippen LogP contribution >= 0.6 is 0 Å². The van der Waals surface area contributed by atoms with E-state index in [0.717, 1.165) is 31.6 Å². The summed E-state index contributed by atoms with van der Waals surface area (Å²) in [4.78, 5) is 25.7. The van der Waals surface area contributed by atoms with E-state index in [1.807, 2.05) is 0 Å². The number of carbonyl (C=O) groups is 1. The van der Waals surface area contributed by atoms with Crippen molar-refractivity contribution in [2.75, 3.05) is 38.6 Å². The molecule has 150 valence electrons. The van der Waals surface area contributed by atoms with Gasteiger partial charge in [0.05, 0.1) is 18.2 Å². The monoisotopic (exact) mass is 381 g/mol. The number of aromatic nitrogens is 2. The number of benzene rings is 1. The Morgan fingerprint density at radius 1 is 1.29 bits per heavy atom. The molecule has 0 spiro atoms. The van der Waals surface area contributed by atoms with Gasteiger partial charge in [-0.05, 0) is 44.5 Å². The lowest BCUT2D eigenvalue weighted by molar-refractivity contribution is -0.125. The number of amides is 1. The quantitative estimate of drug-likeness (QED) is 0.799. The summed E-state index contributed by atoms with van der Waals surface area (Å²) in [5.74, 6) is 0.967. The summed E-state index contributed by atoms with van der Waals surface area (Å²) < 4.78 is 0. The van der Waals surface area contributed by atoms with E-state index in [1.54, 1.807) is 18.6 Å². The van der Waals surface area contributed by atoms with Gasteiger partial charge in [0.25, 0.3) is 0 Å². The molecule has 1 N–H and O–H groups in total. The fourth-order valence-corrected chi connectivity index (χ4v) is 3.77. The Bertz CT molecular complexity index is 747. The predicted octanol–water partition coefficient (Wildman–Crippen LogP) is 2.67. The maximum absolute atomic E-state index is 12.8. The lowest BCUT2D eigenvalue weighted by Gasteiger charge is -2.33. The van der Waals surface area contributed by atoms with Gasteiger partial charge in [-0.1, -0.05) is 31.2 Å². The van der Waals surface area contributed by atoms with Gasteiger partial charge in [0.1, 0.15) is 5.82 Å². The van der Waals surface area contributed by atoms with Gasteiger partial charge in [0, 0.05) is 32.0 Å². The van der Waals surface area contributed by atoms with E-state index in [-0.39, 0.29) is 17.9 Å². The first-order valence-corrected chi connectivity index (χ1v) is 10.1. The first-order valence-electron chi connectivity index (χ1n) is 10.1. The summed E-state index contributed by atoms with van der Waals surface area (Å²) in [6.45, 7) is 4.39. The Hall–Kier alpha value is -2.47. The van der Waals surface area contributed by atoms with Crippen LogP contribution in [0.1, 0.15) is 36.9 Å². The SMILES string of the molecule is CCc1ccc(C(CNC(=O)C2CCCN(c3cnccn3)C2)N(C)C)cc1. The molecule has 1 amide bonds. The average Bonchev–Trinajstić information content (AvgIpc) is 2.74. The summed E-state index contributed by atoms with van der Waals surface area (Å²) in [5.41, 5.74) is 2.56. The number of aryl methyl sites for hydroxylation is 1. The van der Waals surface area contributed by atoms with Crippen molar-refractivity contribution in [2.24, 2.45) is 5.92 Å². The van der Waals surface area contributed by atoms with Crippen LogP contribution in [-0.4, -0.2) is 54.5 Å². The number of nitrogens with one attached hydrogen (secondary N) is 1. The molecule has 1 aromatic carbocycles. The Morgan fingerprint density at radius 3 is 2.71 bits per heavy atom. The standard InChI is InChI=1S/C22H31N5O/c1-4-17-7-9-18(10-8-17)20(26(2)3)14-25-22(28)19-6-5-13-27(16-19)21-15-23-11-12-24-21/h7-12,15,19-20H,4-6,13-14,16H2,1-3H3,(H,25,28). The minimum Gasteiger partial charge on any atom is -0.355 e. The topological polar surface area (TPSA) is 61.4 Å². The van der Waals surface area contributed by atoms with Crippen molar-refractivity contribution >= 4 is 11.7 Å². The molecule has 0 saturated carbocycles. The number of likely N-dealkylation sites (N-methyl/N-ethyl adjacent to an activating group) is 1. The van der Waals surface area contributed by atoms with Gasteiger partial charge < -0.3 is 15.1 Å². The van der Waals surface area contributed by atoms with Gasteiger partial charge in [-0.3, -0.25) is 9.78 Å². The van der Waals surface area contributed by atoms with Crippen molar-refractivity contribution < 1.29 is 4.79 Å². The lowest BCUT2D eigenvalue weighted by atomic mass is 9.96. The van der Waals surface area contributed by atoms with Crippen LogP contribution in [0.25, 0.3) is 0 Å². The number of carbonyl (C=O) groups excluding carboxylic acids is 1. The van der Waals surface area contributed by atoms with Crippen molar-refractivity contribution in [3.05, 3.63) is 54.0 Å². The van der Waals surface area contributed by atoms with E-state index in [2.05, 4.69) is 70.4 Å². The fourth-order valence-electron chi connectivity index (χ4n) is 3.77. The highest BCUT2D eigenvalue weighted by molar-refractivity contribution is 5.79. The molecule has 6 nitrogen and oxygen atoms in total. The number of hydrogen-bond donors (Lipinski definition) is 1. The van der Waals surface area contributed by atoms with Gasteiger partial charge in [0.15, 0.2) is 0 Å². The molecular formula is C22H31N5O. The summed E-state index contributed by atoms with van der Waals surface area (Å²) in [6.07, 6.45) is 8.08. The number of piperidine rings is 1. The first kappa shape index (κ1) is 20.3. The molecule has 1 aromatic heterocycles. The second kappa shape index (κ2) is 9.64. The molecule has 6 heteroatoms. The van der Waals surface area contributed by atoms with Gasteiger partial charge in [0.2, 0.25) is 5.91 Å². The summed E-state index contributed by atoms with van der Waals surface area (Å²) in [7, 11) is 4.11. The third-order valence-corrected chi connectivity index (χ3v) is 5.53. The van der Waals surface area contributed by atoms with Crippen LogP contribution in [0.5, 0.6) is 0 Å². The normalized spacial score (nSPS) is 18.1. The zero-order valence-electron chi connectivity index (χ0n) is 17.1. The summed E-state index contributed by atoms with van der Waals surface area (Å²) in [6, 6.07) is 8.86. The summed E-state index contributed by atoms with van der Waals surface area (Å²) in [5, 5.41) is 3.19. The van der Waals surface area contributed by atoms with Crippen molar-refractivity contribution in [1.29, 1.82) is 0 Å². The number of anilines is 1. The highest BCUT2D eigenvalue weighted by Crippen LogP contribution is 2.22. The number of hydrogen-bond acceptors (Lipinski definition) is 5. The van der Waals surface area contributed by atoms with Crippen LogP contribution in [0.2, 0.25) is 0 Å². The van der Waals surface area contributed by atoms with E-state index in [4.69, 9.17) is 0 Å². The van der Waals surface area contributed by atoms with Gasteiger partial charge in [-0.15, -0.1) is 0 Å². The minimum atomic E-state index is -0.0129. The molecular weight excluding hydrogens is 350 g/mol. The largest absolute Gasteiger partial charge is 0.355 e. The van der Waals surface area contributed by atoms with E-state index in [0.29, 0.717) is 13.1 Å². The number of rotatable bonds is 7. The maximum atomic E-state index is 12.8. The third-order valence-electron chi connectivity index (χ3n) is 5.53. The minimum absolute atomic E-state index is 0.0129. The Kier molecular flexibility index (Phi) is 6.98. The van der Waals surface area contributed by atoms with Crippen LogP contribution in [0.4, 0.5) is 5.82 Å². The smallest absolute Gasteiger partial charge is 0.224 e. The van der Waals surface area contributed by atoms with Crippen LogP contribution in [0.15, 0.2) is 42.9 Å². The molecule has 2 heterocycles. The highest BCUT2D eigenvalue weighted by Gasteiger charge is 2.27. The molecule has 1 aliphatic heterocycles. The molecule has 2 unspecified atom stereocenters. The van der Waals surface area contributed by atoms with Crippen molar-refractivity contribution in [1.82, 2.24) is 20.2 Å². The fraction of sp³-hybridized carbons (Fsp3) is 0.500. The van der Waals surface area contributed by atoms with E-state index in [9.17, 15) is 4.79 Å². The van der Waals surface area contributed by atoms with E-state index < -0.39 is 0 Å². The average molecular weight is 382 g/mol. The van der Waals surface area contributed by atoms with Crippen molar-refractivity contribution in [3.8, 4) is 0 Å².